The normalized spacial score (nSPS) is 15.4. The van der Waals surface area contributed by atoms with Gasteiger partial charge in [0.1, 0.15) is 11.4 Å². The molecule has 1 aromatic heterocycles. The van der Waals surface area contributed by atoms with E-state index >= 15 is 0 Å². The fourth-order valence-electron chi connectivity index (χ4n) is 4.17. The smallest absolute Gasteiger partial charge is 0.343 e. The zero-order valence-electron chi connectivity index (χ0n) is 18.8. The Morgan fingerprint density at radius 1 is 1.03 bits per heavy atom. The Balaban J connectivity index is 1.19. The molecule has 0 spiro atoms. The number of ether oxygens (including phenoxy) is 3. The molecule has 10 heteroatoms. The molecule has 0 saturated carbocycles. The molecule has 10 nitrogen and oxygen atoms in total. The van der Waals surface area contributed by atoms with Gasteiger partial charge in [0.25, 0.3) is 5.91 Å². The maximum absolute atomic E-state index is 13.0. The van der Waals surface area contributed by atoms with Crippen molar-refractivity contribution >= 4 is 17.7 Å². The van der Waals surface area contributed by atoms with E-state index in [0.29, 0.717) is 24.3 Å². The zero-order chi connectivity index (χ0) is 23.7. The molecule has 0 bridgehead atoms. The van der Waals surface area contributed by atoms with E-state index < -0.39 is 5.97 Å². The molecule has 5 rings (SSSR count). The van der Waals surface area contributed by atoms with Gasteiger partial charge in [-0.3, -0.25) is 9.69 Å². The summed E-state index contributed by atoms with van der Waals surface area (Å²) >= 11 is 0. The fourth-order valence-corrected chi connectivity index (χ4v) is 4.17. The van der Waals surface area contributed by atoms with Crippen molar-refractivity contribution in [3.63, 3.8) is 0 Å². The third kappa shape index (κ3) is 4.15. The summed E-state index contributed by atoms with van der Waals surface area (Å²) in [6.07, 6.45) is 1.36. The Kier molecular flexibility index (Phi) is 5.81. The number of fused-ring (bicyclic) bond motifs is 1. The fraction of sp³-hybridized carbons (Fsp3) is 0.292. The average molecular weight is 463 g/mol. The van der Waals surface area contributed by atoms with Gasteiger partial charge in [0.15, 0.2) is 11.5 Å². The van der Waals surface area contributed by atoms with Gasteiger partial charge in [-0.25, -0.2) is 9.48 Å². The quantitative estimate of drug-likeness (QED) is 0.572. The minimum Gasteiger partial charge on any atom is -0.465 e. The lowest BCUT2D eigenvalue weighted by atomic mass is 10.1. The minimum absolute atomic E-state index is 0.0158. The standard InChI is InChI=1S/C24H25N5O5/c1-32-24(31)19-13-26-29(22(19)25)18-5-3-17(4-6-18)23(30)28-10-8-27(9-11-28)14-16-2-7-20-21(12-16)34-15-33-20/h2-7,12-13H,8-11,14-15,25H2,1H3. The van der Waals surface area contributed by atoms with E-state index in [4.69, 9.17) is 19.9 Å². The summed E-state index contributed by atoms with van der Waals surface area (Å²) < 4.78 is 17.0. The highest BCUT2D eigenvalue weighted by atomic mass is 16.7. The first kappa shape index (κ1) is 21.8. The molecule has 1 fully saturated rings. The molecular formula is C24H25N5O5. The number of nitrogens with two attached hydrogens (primary N) is 1. The lowest BCUT2D eigenvalue weighted by molar-refractivity contribution is 0.0600. The van der Waals surface area contributed by atoms with E-state index in [1.54, 1.807) is 24.3 Å². The number of rotatable bonds is 5. The topological polar surface area (TPSA) is 112 Å². The van der Waals surface area contributed by atoms with Crippen molar-refractivity contribution < 1.29 is 23.8 Å². The van der Waals surface area contributed by atoms with Crippen molar-refractivity contribution in [2.45, 2.75) is 6.54 Å². The number of carbonyl (C=O) groups is 2. The van der Waals surface area contributed by atoms with Crippen molar-refractivity contribution in [1.29, 1.82) is 0 Å². The van der Waals surface area contributed by atoms with Gasteiger partial charge in [-0.2, -0.15) is 5.10 Å². The highest BCUT2D eigenvalue weighted by molar-refractivity contribution is 5.95. The number of hydrogen-bond acceptors (Lipinski definition) is 8. The van der Waals surface area contributed by atoms with Gasteiger partial charge in [0, 0.05) is 38.3 Å². The zero-order valence-corrected chi connectivity index (χ0v) is 18.8. The molecule has 0 atom stereocenters. The monoisotopic (exact) mass is 463 g/mol. The molecule has 2 aromatic carbocycles. The van der Waals surface area contributed by atoms with E-state index in [1.807, 2.05) is 23.1 Å². The second kappa shape index (κ2) is 9.06. The van der Waals surface area contributed by atoms with Gasteiger partial charge >= 0.3 is 5.97 Å². The van der Waals surface area contributed by atoms with E-state index in [9.17, 15) is 9.59 Å². The summed E-state index contributed by atoms with van der Waals surface area (Å²) in [4.78, 5) is 28.9. The summed E-state index contributed by atoms with van der Waals surface area (Å²) in [5, 5.41) is 4.16. The minimum atomic E-state index is -0.548. The van der Waals surface area contributed by atoms with Crippen molar-refractivity contribution in [2.24, 2.45) is 0 Å². The highest BCUT2D eigenvalue weighted by Crippen LogP contribution is 2.33. The summed E-state index contributed by atoms with van der Waals surface area (Å²) in [5.41, 5.74) is 8.62. The first-order valence-corrected chi connectivity index (χ1v) is 11.0. The number of carbonyl (C=O) groups excluding carboxylic acids is 2. The van der Waals surface area contributed by atoms with E-state index in [-0.39, 0.29) is 24.1 Å². The number of nitrogens with zero attached hydrogens (tertiary/aromatic N) is 4. The number of nitrogen functional groups attached to an aromatic ring is 1. The van der Waals surface area contributed by atoms with Crippen molar-refractivity contribution in [2.75, 3.05) is 45.8 Å². The largest absolute Gasteiger partial charge is 0.465 e. The lowest BCUT2D eigenvalue weighted by Crippen LogP contribution is -2.48. The summed E-state index contributed by atoms with van der Waals surface area (Å²) in [6.45, 7) is 3.95. The molecule has 2 aliphatic heterocycles. The Hall–Kier alpha value is -4.05. The molecule has 0 aliphatic carbocycles. The lowest BCUT2D eigenvalue weighted by Gasteiger charge is -2.34. The molecule has 0 unspecified atom stereocenters. The number of methoxy groups -OCH3 is 1. The van der Waals surface area contributed by atoms with Crippen LogP contribution in [0, 0.1) is 0 Å². The van der Waals surface area contributed by atoms with Crippen LogP contribution in [0.3, 0.4) is 0 Å². The van der Waals surface area contributed by atoms with Crippen LogP contribution in [-0.2, 0) is 11.3 Å². The summed E-state index contributed by atoms with van der Waals surface area (Å²) in [6, 6.07) is 13.0. The van der Waals surface area contributed by atoms with E-state index in [1.165, 1.54) is 18.0 Å². The SMILES string of the molecule is COC(=O)c1cnn(-c2ccc(C(=O)N3CCN(Cc4ccc5c(c4)OCO5)CC3)cc2)c1N. The van der Waals surface area contributed by atoms with Crippen LogP contribution >= 0.6 is 0 Å². The predicted molar refractivity (Wildman–Crippen MR) is 123 cm³/mol. The third-order valence-corrected chi connectivity index (χ3v) is 6.07. The van der Waals surface area contributed by atoms with Crippen LogP contribution in [0.25, 0.3) is 5.69 Å². The van der Waals surface area contributed by atoms with Crippen molar-refractivity contribution in [3.8, 4) is 17.2 Å². The second-order valence-corrected chi connectivity index (χ2v) is 8.15. The maximum atomic E-state index is 13.0. The molecule has 0 radical (unpaired) electrons. The third-order valence-electron chi connectivity index (χ3n) is 6.07. The van der Waals surface area contributed by atoms with Gasteiger partial charge in [-0.15, -0.1) is 0 Å². The Bertz CT molecular complexity index is 1210. The Morgan fingerprint density at radius 3 is 2.50 bits per heavy atom. The van der Waals surface area contributed by atoms with E-state index in [0.717, 1.165) is 36.7 Å². The van der Waals surface area contributed by atoms with Crippen LogP contribution in [0.15, 0.2) is 48.7 Å². The average Bonchev–Trinajstić information content (AvgIpc) is 3.50. The second-order valence-electron chi connectivity index (χ2n) is 8.15. The van der Waals surface area contributed by atoms with Crippen LogP contribution < -0.4 is 15.2 Å². The summed E-state index contributed by atoms with van der Waals surface area (Å²) in [5.74, 6) is 1.19. The van der Waals surface area contributed by atoms with Gasteiger partial charge in [0.05, 0.1) is 19.0 Å². The molecule has 176 valence electrons. The van der Waals surface area contributed by atoms with Crippen LogP contribution in [0.5, 0.6) is 11.5 Å². The van der Waals surface area contributed by atoms with Gasteiger partial charge in [-0.1, -0.05) is 6.07 Å². The maximum Gasteiger partial charge on any atom is 0.343 e. The Morgan fingerprint density at radius 2 is 1.76 bits per heavy atom. The number of benzene rings is 2. The number of piperazine rings is 1. The van der Waals surface area contributed by atoms with Crippen LogP contribution in [-0.4, -0.2) is 71.5 Å². The van der Waals surface area contributed by atoms with E-state index in [2.05, 4.69) is 10.00 Å². The van der Waals surface area contributed by atoms with Gasteiger partial charge in [0.2, 0.25) is 6.79 Å². The number of aromatic nitrogens is 2. The predicted octanol–water partition coefficient (Wildman–Crippen LogP) is 1.93. The van der Waals surface area contributed by atoms with Crippen molar-refractivity contribution in [1.82, 2.24) is 19.6 Å². The van der Waals surface area contributed by atoms with Gasteiger partial charge in [-0.05, 0) is 42.0 Å². The molecule has 2 N–H and O–H groups in total. The number of anilines is 1. The van der Waals surface area contributed by atoms with Gasteiger partial charge < -0.3 is 24.8 Å². The number of hydrogen-bond donors (Lipinski definition) is 1. The number of amides is 1. The van der Waals surface area contributed by atoms with Crippen molar-refractivity contribution in [3.05, 3.63) is 65.4 Å². The molecule has 34 heavy (non-hydrogen) atoms. The first-order valence-electron chi connectivity index (χ1n) is 11.0. The van der Waals surface area contributed by atoms with Crippen LogP contribution in [0.4, 0.5) is 5.82 Å². The molecule has 2 aliphatic rings. The molecule has 3 heterocycles. The Labute approximate surface area is 196 Å². The molecule has 3 aromatic rings. The summed E-state index contributed by atoms with van der Waals surface area (Å²) in [7, 11) is 1.29. The molecule has 1 amide bonds. The molecule has 1 saturated heterocycles. The van der Waals surface area contributed by atoms with Crippen LogP contribution in [0.2, 0.25) is 0 Å². The highest BCUT2D eigenvalue weighted by Gasteiger charge is 2.23. The van der Waals surface area contributed by atoms with Crippen LogP contribution in [0.1, 0.15) is 26.3 Å². The number of esters is 1. The first-order chi connectivity index (χ1) is 16.5. The molecular weight excluding hydrogens is 438 g/mol.